The molecule has 0 aliphatic heterocycles. The average Bonchev–Trinajstić information content (AvgIpc) is 2.37. The summed E-state index contributed by atoms with van der Waals surface area (Å²) < 4.78 is 5.37. The van der Waals surface area contributed by atoms with Crippen LogP contribution < -0.4 is 10.1 Å². The summed E-state index contributed by atoms with van der Waals surface area (Å²) in [6.07, 6.45) is 0.288. The van der Waals surface area contributed by atoms with E-state index < -0.39 is 6.10 Å². The maximum absolute atomic E-state index is 9.17. The van der Waals surface area contributed by atoms with Gasteiger partial charge in [-0.25, -0.2) is 0 Å². The lowest BCUT2D eigenvalue weighted by Gasteiger charge is -2.11. The van der Waals surface area contributed by atoms with E-state index in [1.54, 1.807) is 0 Å². The van der Waals surface area contributed by atoms with Gasteiger partial charge in [0.05, 0.1) is 6.61 Å². The van der Waals surface area contributed by atoms with Crippen molar-refractivity contribution in [3.63, 3.8) is 0 Å². The summed E-state index contributed by atoms with van der Waals surface area (Å²) in [5.41, 5.74) is 1.15. The first kappa shape index (κ1) is 14.0. The number of aliphatic hydroxyl groups is 2. The van der Waals surface area contributed by atoms with Crippen molar-refractivity contribution < 1.29 is 14.9 Å². The molecule has 0 aliphatic carbocycles. The summed E-state index contributed by atoms with van der Waals surface area (Å²) in [4.78, 5) is 0. The quantitative estimate of drug-likeness (QED) is 0.590. The second-order valence-electron chi connectivity index (χ2n) is 3.97. The van der Waals surface area contributed by atoms with Crippen molar-refractivity contribution in [1.29, 1.82) is 0 Å². The first-order chi connectivity index (χ1) is 8.26. The summed E-state index contributed by atoms with van der Waals surface area (Å²) >= 11 is 0. The third-order valence-corrected chi connectivity index (χ3v) is 2.31. The van der Waals surface area contributed by atoms with Gasteiger partial charge < -0.3 is 20.3 Å². The van der Waals surface area contributed by atoms with Gasteiger partial charge in [0, 0.05) is 6.54 Å². The fourth-order valence-electron chi connectivity index (χ4n) is 1.40. The molecule has 0 spiro atoms. The van der Waals surface area contributed by atoms with Crippen LogP contribution >= 0.6 is 0 Å². The molecule has 0 aliphatic rings. The maximum Gasteiger partial charge on any atom is 0.119 e. The highest BCUT2D eigenvalue weighted by atomic mass is 16.5. The molecule has 0 saturated carbocycles. The van der Waals surface area contributed by atoms with E-state index in [-0.39, 0.29) is 13.2 Å². The molecule has 0 fully saturated rings. The van der Waals surface area contributed by atoms with E-state index in [2.05, 4.69) is 12.2 Å². The Kier molecular flexibility index (Phi) is 6.62. The van der Waals surface area contributed by atoms with Crippen LogP contribution in [0.4, 0.5) is 0 Å². The lowest BCUT2D eigenvalue weighted by molar-refractivity contribution is 0.0536. The number of hydrogen-bond acceptors (Lipinski definition) is 4. The molecular formula is C13H21NO3. The summed E-state index contributed by atoms with van der Waals surface area (Å²) in [6, 6.07) is 7.72. The Morgan fingerprint density at radius 3 is 2.94 bits per heavy atom. The Bertz CT molecular complexity index is 317. The lowest BCUT2D eigenvalue weighted by atomic mass is 10.2. The van der Waals surface area contributed by atoms with Gasteiger partial charge in [0.1, 0.15) is 18.5 Å². The predicted octanol–water partition coefficient (Wildman–Crippen LogP) is 0.918. The Balaban J connectivity index is 2.42. The second-order valence-corrected chi connectivity index (χ2v) is 3.97. The first-order valence-electron chi connectivity index (χ1n) is 5.97. The Morgan fingerprint density at radius 1 is 1.41 bits per heavy atom. The van der Waals surface area contributed by atoms with Gasteiger partial charge in [0.15, 0.2) is 0 Å². The normalized spacial score (nSPS) is 12.4. The van der Waals surface area contributed by atoms with E-state index in [1.165, 1.54) is 0 Å². The van der Waals surface area contributed by atoms with Crippen molar-refractivity contribution in [2.45, 2.75) is 26.0 Å². The van der Waals surface area contributed by atoms with Crippen molar-refractivity contribution in [2.24, 2.45) is 0 Å². The minimum Gasteiger partial charge on any atom is -0.491 e. The number of aliphatic hydroxyl groups excluding tert-OH is 2. The molecular weight excluding hydrogens is 218 g/mol. The van der Waals surface area contributed by atoms with Crippen molar-refractivity contribution in [2.75, 3.05) is 19.8 Å². The number of ether oxygens (including phenoxy) is 1. The minimum absolute atomic E-state index is 0.113. The van der Waals surface area contributed by atoms with Crippen LogP contribution in [0.15, 0.2) is 24.3 Å². The van der Waals surface area contributed by atoms with Gasteiger partial charge in [0.25, 0.3) is 0 Å². The fraction of sp³-hybridized carbons (Fsp3) is 0.538. The molecule has 0 bridgehead atoms. The molecule has 96 valence electrons. The Labute approximate surface area is 102 Å². The van der Waals surface area contributed by atoms with Gasteiger partial charge >= 0.3 is 0 Å². The van der Waals surface area contributed by atoms with E-state index in [9.17, 15) is 5.11 Å². The first-order valence-corrected chi connectivity index (χ1v) is 5.97. The van der Waals surface area contributed by atoms with Gasteiger partial charge in [-0.1, -0.05) is 19.1 Å². The molecule has 4 nitrogen and oxygen atoms in total. The van der Waals surface area contributed by atoms with E-state index >= 15 is 0 Å². The molecule has 1 atom stereocenters. The summed E-state index contributed by atoms with van der Waals surface area (Å²) in [5, 5.41) is 21.2. The van der Waals surface area contributed by atoms with Gasteiger partial charge in [0.2, 0.25) is 0 Å². The molecule has 0 heterocycles. The number of hydrogen-bond donors (Lipinski definition) is 3. The SMILES string of the molecule is CCCNCc1cccc(OCC(O)CO)c1. The third-order valence-electron chi connectivity index (χ3n) is 2.31. The van der Waals surface area contributed by atoms with Crippen LogP contribution in [-0.2, 0) is 6.54 Å². The smallest absolute Gasteiger partial charge is 0.119 e. The molecule has 1 unspecified atom stereocenters. The zero-order valence-electron chi connectivity index (χ0n) is 10.2. The van der Waals surface area contributed by atoms with Crippen molar-refractivity contribution >= 4 is 0 Å². The molecule has 0 amide bonds. The highest BCUT2D eigenvalue weighted by molar-refractivity contribution is 5.28. The number of rotatable bonds is 8. The third kappa shape index (κ3) is 5.68. The molecule has 0 radical (unpaired) electrons. The highest BCUT2D eigenvalue weighted by Gasteiger charge is 2.03. The van der Waals surface area contributed by atoms with Gasteiger partial charge in [-0.15, -0.1) is 0 Å². The summed E-state index contributed by atoms with van der Waals surface area (Å²) in [6.45, 7) is 3.77. The average molecular weight is 239 g/mol. The van der Waals surface area contributed by atoms with Crippen molar-refractivity contribution in [3.8, 4) is 5.75 Å². The van der Waals surface area contributed by atoms with Crippen LogP contribution in [0.5, 0.6) is 5.75 Å². The summed E-state index contributed by atoms with van der Waals surface area (Å²) in [7, 11) is 0. The van der Waals surface area contributed by atoms with E-state index in [0.717, 1.165) is 25.1 Å². The van der Waals surface area contributed by atoms with Crippen LogP contribution in [0.2, 0.25) is 0 Å². The van der Waals surface area contributed by atoms with E-state index in [1.807, 2.05) is 24.3 Å². The van der Waals surface area contributed by atoms with Gasteiger partial charge in [-0.2, -0.15) is 0 Å². The van der Waals surface area contributed by atoms with Crippen LogP contribution in [-0.4, -0.2) is 36.1 Å². The topological polar surface area (TPSA) is 61.7 Å². The highest BCUT2D eigenvalue weighted by Crippen LogP contribution is 2.13. The predicted molar refractivity (Wildman–Crippen MR) is 67.0 cm³/mol. The van der Waals surface area contributed by atoms with Crippen LogP contribution in [0.3, 0.4) is 0 Å². The molecule has 0 saturated heterocycles. The Morgan fingerprint density at radius 2 is 2.24 bits per heavy atom. The minimum atomic E-state index is -0.822. The van der Waals surface area contributed by atoms with Crippen molar-refractivity contribution in [3.05, 3.63) is 29.8 Å². The molecule has 1 aromatic rings. The number of benzene rings is 1. The molecule has 4 heteroatoms. The summed E-state index contributed by atoms with van der Waals surface area (Å²) in [5.74, 6) is 0.716. The van der Waals surface area contributed by atoms with Gasteiger partial charge in [-0.05, 0) is 30.7 Å². The fourth-order valence-corrected chi connectivity index (χ4v) is 1.40. The largest absolute Gasteiger partial charge is 0.491 e. The molecule has 17 heavy (non-hydrogen) atoms. The molecule has 1 rings (SSSR count). The van der Waals surface area contributed by atoms with Crippen LogP contribution in [0, 0.1) is 0 Å². The zero-order valence-corrected chi connectivity index (χ0v) is 10.2. The number of nitrogens with one attached hydrogen (secondary N) is 1. The maximum atomic E-state index is 9.17. The zero-order chi connectivity index (χ0) is 12.5. The molecule has 1 aromatic carbocycles. The van der Waals surface area contributed by atoms with E-state index in [4.69, 9.17) is 9.84 Å². The monoisotopic (exact) mass is 239 g/mol. The van der Waals surface area contributed by atoms with Crippen molar-refractivity contribution in [1.82, 2.24) is 5.32 Å². The second kappa shape index (κ2) is 8.06. The van der Waals surface area contributed by atoms with E-state index in [0.29, 0.717) is 5.75 Å². The Hall–Kier alpha value is -1.10. The van der Waals surface area contributed by atoms with Crippen LogP contribution in [0.25, 0.3) is 0 Å². The molecule has 3 N–H and O–H groups in total. The molecule has 0 aromatic heterocycles. The standard InChI is InChI=1S/C13H21NO3/c1-2-6-14-8-11-4-3-5-13(7-11)17-10-12(16)9-15/h3-5,7,12,14-16H,2,6,8-10H2,1H3. The van der Waals surface area contributed by atoms with Crippen LogP contribution in [0.1, 0.15) is 18.9 Å². The lowest BCUT2D eigenvalue weighted by Crippen LogP contribution is -2.21. The van der Waals surface area contributed by atoms with Gasteiger partial charge in [-0.3, -0.25) is 0 Å².